The van der Waals surface area contributed by atoms with Crippen LogP contribution in [0.3, 0.4) is 0 Å². The maximum Gasteiger partial charge on any atom is 0.228 e. The van der Waals surface area contributed by atoms with Crippen molar-refractivity contribution in [2.45, 2.75) is 39.5 Å². The van der Waals surface area contributed by atoms with Crippen LogP contribution in [0.25, 0.3) is 17.0 Å². The first-order chi connectivity index (χ1) is 16.8. The van der Waals surface area contributed by atoms with E-state index in [0.29, 0.717) is 41.5 Å². The highest BCUT2D eigenvalue weighted by molar-refractivity contribution is 6.00. The molecule has 7 nitrogen and oxygen atoms in total. The van der Waals surface area contributed by atoms with Crippen molar-refractivity contribution in [3.63, 3.8) is 0 Å². The van der Waals surface area contributed by atoms with Gasteiger partial charge >= 0.3 is 0 Å². The fourth-order valence-corrected chi connectivity index (χ4v) is 5.21. The summed E-state index contributed by atoms with van der Waals surface area (Å²) < 4.78 is 13.4. The Morgan fingerprint density at radius 1 is 1.09 bits per heavy atom. The largest absolute Gasteiger partial charge is 0.497 e. The lowest BCUT2D eigenvalue weighted by molar-refractivity contribution is -0.118. The lowest BCUT2D eigenvalue weighted by Crippen LogP contribution is -2.33. The molecular weight excluding hydrogens is 440 g/mol. The molecular formula is C28H26N4O3. The number of hydrogen-bond acceptors (Lipinski definition) is 6. The van der Waals surface area contributed by atoms with E-state index >= 15 is 0 Å². The minimum Gasteiger partial charge on any atom is -0.497 e. The highest BCUT2D eigenvalue weighted by atomic mass is 16.5. The Hall–Kier alpha value is -4.00. The fourth-order valence-electron chi connectivity index (χ4n) is 5.21. The van der Waals surface area contributed by atoms with Crippen molar-refractivity contribution >= 4 is 11.4 Å². The van der Waals surface area contributed by atoms with Crippen LogP contribution in [0, 0.1) is 12.3 Å². The molecule has 3 heterocycles. The second-order valence-corrected chi connectivity index (χ2v) is 10.1. The topological polar surface area (TPSA) is 78.6 Å². The summed E-state index contributed by atoms with van der Waals surface area (Å²) >= 11 is 0. The number of Topliss-reactive ketones (excluding diaryl/α,β-unsaturated/α-hetero) is 1. The number of aryl methyl sites for hydroxylation is 1. The number of aromatic nitrogens is 4. The van der Waals surface area contributed by atoms with Gasteiger partial charge in [-0.3, -0.25) is 4.79 Å². The van der Waals surface area contributed by atoms with Gasteiger partial charge in [0, 0.05) is 29.9 Å². The van der Waals surface area contributed by atoms with Crippen LogP contribution in [0.15, 0.2) is 66.2 Å². The van der Waals surface area contributed by atoms with Gasteiger partial charge in [0.1, 0.15) is 17.8 Å². The van der Waals surface area contributed by atoms with Crippen LogP contribution in [0.4, 0.5) is 0 Å². The predicted octanol–water partition coefficient (Wildman–Crippen LogP) is 5.28. The van der Waals surface area contributed by atoms with Gasteiger partial charge in [-0.15, -0.1) is 5.10 Å². The number of ether oxygens (including phenoxy) is 2. The van der Waals surface area contributed by atoms with Crippen molar-refractivity contribution in [3.05, 3.63) is 82.9 Å². The summed E-state index contributed by atoms with van der Waals surface area (Å²) in [5.41, 5.74) is 4.93. The van der Waals surface area contributed by atoms with Crippen LogP contribution in [0.5, 0.6) is 11.6 Å². The van der Waals surface area contributed by atoms with Gasteiger partial charge in [0.25, 0.3) is 0 Å². The minimum absolute atomic E-state index is 0.100. The molecule has 0 fully saturated rings. The SMILES string of the molecule is COc1ccc([C@H]2C3=C(CC(C)(C)CC3=O)Oc3ncn4nc(-c5ccccc5C)nc4c32)cc1. The van der Waals surface area contributed by atoms with E-state index in [2.05, 4.69) is 18.8 Å². The molecule has 2 aliphatic rings. The van der Waals surface area contributed by atoms with Crippen molar-refractivity contribution < 1.29 is 14.3 Å². The lowest BCUT2D eigenvalue weighted by Gasteiger charge is -2.37. The van der Waals surface area contributed by atoms with Crippen molar-refractivity contribution in [3.8, 4) is 23.0 Å². The number of nitrogens with zero attached hydrogens (tertiary/aromatic N) is 4. The second kappa shape index (κ2) is 7.77. The molecule has 0 unspecified atom stereocenters. The number of benzene rings is 2. The molecule has 1 aliphatic carbocycles. The van der Waals surface area contributed by atoms with E-state index in [1.54, 1.807) is 18.0 Å². The van der Waals surface area contributed by atoms with E-state index in [0.717, 1.165) is 28.0 Å². The van der Waals surface area contributed by atoms with E-state index < -0.39 is 0 Å². The lowest BCUT2D eigenvalue weighted by atomic mass is 9.70. The van der Waals surface area contributed by atoms with Crippen LogP contribution in [-0.4, -0.2) is 32.5 Å². The molecule has 35 heavy (non-hydrogen) atoms. The maximum atomic E-state index is 13.5. The molecule has 0 N–H and O–H groups in total. The molecule has 0 bridgehead atoms. The first kappa shape index (κ1) is 21.5. The quantitative estimate of drug-likeness (QED) is 0.409. The summed E-state index contributed by atoms with van der Waals surface area (Å²) in [6, 6.07) is 15.8. The van der Waals surface area contributed by atoms with Crippen molar-refractivity contribution in [1.29, 1.82) is 0 Å². The Labute approximate surface area is 203 Å². The summed E-state index contributed by atoms with van der Waals surface area (Å²) in [6.07, 6.45) is 2.78. The summed E-state index contributed by atoms with van der Waals surface area (Å²) in [7, 11) is 1.64. The number of hydrogen-bond donors (Lipinski definition) is 0. The Balaban J connectivity index is 1.60. The summed E-state index contributed by atoms with van der Waals surface area (Å²) in [5, 5.41) is 4.72. The zero-order valence-electron chi connectivity index (χ0n) is 20.2. The Bertz CT molecular complexity index is 1520. The van der Waals surface area contributed by atoms with Gasteiger partial charge in [0.2, 0.25) is 5.88 Å². The van der Waals surface area contributed by atoms with Crippen molar-refractivity contribution in [2.24, 2.45) is 5.41 Å². The summed E-state index contributed by atoms with van der Waals surface area (Å²) in [4.78, 5) is 23.1. The monoisotopic (exact) mass is 466 g/mol. The molecule has 4 aromatic rings. The molecule has 6 rings (SSSR count). The Morgan fingerprint density at radius 3 is 2.60 bits per heavy atom. The average molecular weight is 467 g/mol. The Kier molecular flexibility index (Phi) is 4.78. The standard InChI is InChI=1S/C28H26N4O3/c1-16-7-5-6-8-19(16)25-30-26-24-22(17-9-11-18(34-4)12-10-17)23-20(33)13-28(2,3)14-21(23)35-27(24)29-15-32(26)31-25/h5-12,15,22H,13-14H2,1-4H3/t22-/m0/s1. The van der Waals surface area contributed by atoms with Crippen LogP contribution in [0.1, 0.15) is 49.3 Å². The predicted molar refractivity (Wildman–Crippen MR) is 131 cm³/mol. The van der Waals surface area contributed by atoms with E-state index in [9.17, 15) is 4.79 Å². The van der Waals surface area contributed by atoms with Crippen LogP contribution in [0.2, 0.25) is 0 Å². The fraction of sp³-hybridized carbons (Fsp3) is 0.286. The zero-order chi connectivity index (χ0) is 24.3. The molecule has 2 aromatic carbocycles. The van der Waals surface area contributed by atoms with E-state index in [1.165, 1.54) is 0 Å². The van der Waals surface area contributed by atoms with Crippen LogP contribution >= 0.6 is 0 Å². The number of rotatable bonds is 3. The van der Waals surface area contributed by atoms with Crippen molar-refractivity contribution in [2.75, 3.05) is 7.11 Å². The molecule has 0 saturated carbocycles. The van der Waals surface area contributed by atoms with Gasteiger partial charge < -0.3 is 9.47 Å². The zero-order valence-corrected chi connectivity index (χ0v) is 20.2. The highest BCUT2D eigenvalue weighted by Gasteiger charge is 2.44. The number of ketones is 1. The number of methoxy groups -OCH3 is 1. The van der Waals surface area contributed by atoms with Gasteiger partial charge in [-0.05, 0) is 35.6 Å². The van der Waals surface area contributed by atoms with Crippen LogP contribution < -0.4 is 9.47 Å². The number of allylic oxidation sites excluding steroid dienone is 2. The molecule has 2 aromatic heterocycles. The first-order valence-electron chi connectivity index (χ1n) is 11.7. The Morgan fingerprint density at radius 2 is 1.86 bits per heavy atom. The summed E-state index contributed by atoms with van der Waals surface area (Å²) in [5.74, 6) is 2.30. The first-order valence-corrected chi connectivity index (χ1v) is 11.7. The van der Waals surface area contributed by atoms with E-state index in [-0.39, 0.29) is 17.1 Å². The van der Waals surface area contributed by atoms with Gasteiger partial charge in [-0.1, -0.05) is 50.2 Å². The molecule has 0 amide bonds. The number of carbonyl (C=O) groups is 1. The molecule has 176 valence electrons. The molecule has 0 radical (unpaired) electrons. The van der Waals surface area contributed by atoms with Gasteiger partial charge in [0.15, 0.2) is 17.3 Å². The van der Waals surface area contributed by atoms with Crippen LogP contribution in [-0.2, 0) is 4.79 Å². The highest BCUT2D eigenvalue weighted by Crippen LogP contribution is 2.50. The van der Waals surface area contributed by atoms with Gasteiger partial charge in [-0.25, -0.2) is 14.5 Å². The molecule has 0 saturated heterocycles. The minimum atomic E-state index is -0.353. The average Bonchev–Trinajstić information content (AvgIpc) is 3.26. The number of fused-ring (bicyclic) bond motifs is 3. The smallest absolute Gasteiger partial charge is 0.228 e. The molecule has 0 spiro atoms. The van der Waals surface area contributed by atoms with E-state index in [4.69, 9.17) is 19.6 Å². The third kappa shape index (κ3) is 3.50. The third-order valence-electron chi connectivity index (χ3n) is 6.90. The third-order valence-corrected chi connectivity index (χ3v) is 6.90. The maximum absolute atomic E-state index is 13.5. The van der Waals surface area contributed by atoms with Crippen molar-refractivity contribution in [1.82, 2.24) is 19.6 Å². The number of carbonyl (C=O) groups excluding carboxylic acids is 1. The van der Waals surface area contributed by atoms with Gasteiger partial charge in [0.05, 0.1) is 12.7 Å². The van der Waals surface area contributed by atoms with E-state index in [1.807, 2.05) is 55.5 Å². The van der Waals surface area contributed by atoms with Gasteiger partial charge in [-0.2, -0.15) is 0 Å². The molecule has 1 atom stereocenters. The summed E-state index contributed by atoms with van der Waals surface area (Å²) in [6.45, 7) is 6.23. The normalized spacial score (nSPS) is 18.7. The second-order valence-electron chi connectivity index (χ2n) is 10.1. The molecule has 7 heteroatoms. The molecule has 1 aliphatic heterocycles.